The summed E-state index contributed by atoms with van der Waals surface area (Å²) in [5, 5.41) is 2.89. The third-order valence-corrected chi connectivity index (χ3v) is 5.66. The van der Waals surface area contributed by atoms with Gasteiger partial charge < -0.3 is 19.8 Å². The molecule has 1 unspecified atom stereocenters. The van der Waals surface area contributed by atoms with Crippen LogP contribution in [0.2, 0.25) is 0 Å². The van der Waals surface area contributed by atoms with Gasteiger partial charge in [0.05, 0.1) is 11.0 Å². The minimum atomic E-state index is -0.878. The molecular weight excluding hydrogens is 406 g/mol. The largest absolute Gasteiger partial charge is 0.371 e. The van der Waals surface area contributed by atoms with E-state index in [4.69, 9.17) is 0 Å². The quantitative estimate of drug-likeness (QED) is 0.611. The number of rotatable bonds is 5. The fourth-order valence-electron chi connectivity index (χ4n) is 3.99. The zero-order valence-electron chi connectivity index (χ0n) is 17.0. The average Bonchev–Trinajstić information content (AvgIpc) is 3.23. The molecule has 0 bridgehead atoms. The summed E-state index contributed by atoms with van der Waals surface area (Å²) in [7, 11) is 0. The lowest BCUT2D eigenvalue weighted by molar-refractivity contribution is 0.0948. The van der Waals surface area contributed by atoms with E-state index in [1.165, 1.54) is 10.6 Å². The van der Waals surface area contributed by atoms with Crippen molar-refractivity contribution in [2.45, 2.75) is 19.9 Å². The highest BCUT2D eigenvalue weighted by Gasteiger charge is 2.24. The number of carbonyl (C=O) groups excluding carboxylic acids is 1. The van der Waals surface area contributed by atoms with E-state index in [1.54, 1.807) is 31.2 Å². The predicted octanol–water partition coefficient (Wildman–Crippen LogP) is 2.24. The van der Waals surface area contributed by atoms with Crippen LogP contribution in [0.25, 0.3) is 11.0 Å². The molecule has 2 heterocycles. The molecule has 4 rings (SSSR count). The third kappa shape index (κ3) is 4.08. The third-order valence-electron chi connectivity index (χ3n) is 5.66. The maximum absolute atomic E-state index is 13.5. The van der Waals surface area contributed by atoms with Gasteiger partial charge in [-0.15, -0.1) is 0 Å². The SMILES string of the molecule is CCn1c(=O)c(=O)[nH]c2cc(C(=O)NCC3CCN(c4ccc(F)c(F)c4)C3)ccc21. The molecule has 9 heteroatoms. The molecule has 162 valence electrons. The minimum Gasteiger partial charge on any atom is -0.371 e. The number of aromatic nitrogens is 2. The molecule has 1 saturated heterocycles. The van der Waals surface area contributed by atoms with Crippen molar-refractivity contribution in [3.05, 3.63) is 74.3 Å². The Bertz CT molecular complexity index is 1270. The zero-order valence-corrected chi connectivity index (χ0v) is 17.0. The molecule has 2 aromatic carbocycles. The number of fused-ring (bicyclic) bond motifs is 1. The van der Waals surface area contributed by atoms with Crippen LogP contribution in [0, 0.1) is 17.6 Å². The van der Waals surface area contributed by atoms with Crippen molar-refractivity contribution < 1.29 is 13.6 Å². The van der Waals surface area contributed by atoms with Gasteiger partial charge in [0.25, 0.3) is 5.91 Å². The Kier molecular flexibility index (Phi) is 5.58. The van der Waals surface area contributed by atoms with Crippen molar-refractivity contribution >= 4 is 22.6 Å². The molecule has 0 radical (unpaired) electrons. The molecule has 1 aromatic heterocycles. The fraction of sp³-hybridized carbons (Fsp3) is 0.318. The van der Waals surface area contributed by atoms with Crippen LogP contribution in [0.15, 0.2) is 46.0 Å². The van der Waals surface area contributed by atoms with Gasteiger partial charge in [-0.05, 0) is 49.6 Å². The Morgan fingerprint density at radius 3 is 2.71 bits per heavy atom. The van der Waals surface area contributed by atoms with Crippen LogP contribution in [0.3, 0.4) is 0 Å². The average molecular weight is 428 g/mol. The van der Waals surface area contributed by atoms with Gasteiger partial charge in [0.15, 0.2) is 11.6 Å². The van der Waals surface area contributed by atoms with Gasteiger partial charge >= 0.3 is 11.1 Å². The van der Waals surface area contributed by atoms with Crippen molar-refractivity contribution in [3.8, 4) is 0 Å². The van der Waals surface area contributed by atoms with E-state index in [9.17, 15) is 23.2 Å². The zero-order chi connectivity index (χ0) is 22.1. The predicted molar refractivity (Wildman–Crippen MR) is 114 cm³/mol. The normalized spacial score (nSPS) is 16.1. The van der Waals surface area contributed by atoms with Crippen molar-refractivity contribution in [2.75, 3.05) is 24.5 Å². The minimum absolute atomic E-state index is 0.169. The summed E-state index contributed by atoms with van der Waals surface area (Å²) in [6.07, 6.45) is 0.813. The number of aryl methyl sites for hydroxylation is 1. The van der Waals surface area contributed by atoms with E-state index >= 15 is 0 Å². The number of hydrogen-bond acceptors (Lipinski definition) is 4. The molecule has 2 N–H and O–H groups in total. The number of hydrogen-bond donors (Lipinski definition) is 2. The Morgan fingerprint density at radius 2 is 1.97 bits per heavy atom. The highest BCUT2D eigenvalue weighted by atomic mass is 19.2. The first-order valence-corrected chi connectivity index (χ1v) is 10.1. The van der Waals surface area contributed by atoms with E-state index in [1.807, 2.05) is 4.90 Å². The molecule has 0 aliphatic carbocycles. The Labute approximate surface area is 176 Å². The Balaban J connectivity index is 1.42. The lowest BCUT2D eigenvalue weighted by Crippen LogP contribution is -2.36. The second kappa shape index (κ2) is 8.33. The number of H-pyrrole nitrogens is 1. The van der Waals surface area contributed by atoms with Crippen LogP contribution in [-0.4, -0.2) is 35.1 Å². The first-order chi connectivity index (χ1) is 14.9. The standard InChI is InChI=1S/C22H22F2N4O3/c1-2-28-19-6-3-14(9-18(19)26-21(30)22(28)31)20(29)25-11-13-7-8-27(12-13)15-4-5-16(23)17(24)10-15/h3-6,9-10,13H,2,7-8,11-12H2,1H3,(H,25,29)(H,26,30). The molecule has 3 aromatic rings. The number of amides is 1. The molecule has 0 spiro atoms. The monoisotopic (exact) mass is 428 g/mol. The van der Waals surface area contributed by atoms with Crippen LogP contribution in [0.5, 0.6) is 0 Å². The number of aromatic amines is 1. The first kappa shape index (κ1) is 20.8. The number of carbonyl (C=O) groups is 1. The molecule has 0 saturated carbocycles. The summed E-state index contributed by atoms with van der Waals surface area (Å²) >= 11 is 0. The molecule has 1 atom stereocenters. The highest BCUT2D eigenvalue weighted by molar-refractivity contribution is 5.97. The van der Waals surface area contributed by atoms with Crippen LogP contribution >= 0.6 is 0 Å². The van der Waals surface area contributed by atoms with E-state index in [0.29, 0.717) is 48.5 Å². The Hall–Kier alpha value is -3.49. The van der Waals surface area contributed by atoms with Gasteiger partial charge in [-0.3, -0.25) is 14.4 Å². The summed E-state index contributed by atoms with van der Waals surface area (Å²) < 4.78 is 28.0. The maximum Gasteiger partial charge on any atom is 0.316 e. The second-order valence-electron chi connectivity index (χ2n) is 7.64. The van der Waals surface area contributed by atoms with Crippen molar-refractivity contribution in [1.82, 2.24) is 14.9 Å². The summed E-state index contributed by atoms with van der Waals surface area (Å²) in [5.74, 6) is -1.87. The van der Waals surface area contributed by atoms with Gasteiger partial charge in [0, 0.05) is 43.5 Å². The Morgan fingerprint density at radius 1 is 1.16 bits per heavy atom. The lowest BCUT2D eigenvalue weighted by atomic mass is 10.1. The van der Waals surface area contributed by atoms with Gasteiger partial charge in [0.2, 0.25) is 0 Å². The van der Waals surface area contributed by atoms with Gasteiger partial charge in [0.1, 0.15) is 0 Å². The van der Waals surface area contributed by atoms with E-state index in [0.717, 1.165) is 12.5 Å². The van der Waals surface area contributed by atoms with Crippen molar-refractivity contribution in [2.24, 2.45) is 5.92 Å². The molecule has 1 fully saturated rings. The van der Waals surface area contributed by atoms with E-state index in [2.05, 4.69) is 10.3 Å². The smallest absolute Gasteiger partial charge is 0.316 e. The number of benzene rings is 2. The van der Waals surface area contributed by atoms with Gasteiger partial charge in [-0.2, -0.15) is 0 Å². The van der Waals surface area contributed by atoms with E-state index in [-0.39, 0.29) is 11.8 Å². The number of halogens is 2. The summed E-state index contributed by atoms with van der Waals surface area (Å²) in [4.78, 5) is 40.9. The molecular formula is C22H22F2N4O3. The summed E-state index contributed by atoms with van der Waals surface area (Å²) in [5.41, 5.74) is 0.619. The van der Waals surface area contributed by atoms with E-state index < -0.39 is 22.8 Å². The number of anilines is 1. The molecule has 1 amide bonds. The molecule has 1 aliphatic heterocycles. The van der Waals surface area contributed by atoms with Crippen LogP contribution in [-0.2, 0) is 6.54 Å². The summed E-state index contributed by atoms with van der Waals surface area (Å²) in [6, 6.07) is 8.66. The first-order valence-electron chi connectivity index (χ1n) is 10.1. The van der Waals surface area contributed by atoms with Crippen LogP contribution in [0.4, 0.5) is 14.5 Å². The molecule has 31 heavy (non-hydrogen) atoms. The lowest BCUT2D eigenvalue weighted by Gasteiger charge is -2.19. The number of nitrogens with zero attached hydrogens (tertiary/aromatic N) is 2. The van der Waals surface area contributed by atoms with Crippen LogP contribution < -0.4 is 21.3 Å². The highest BCUT2D eigenvalue weighted by Crippen LogP contribution is 2.25. The second-order valence-corrected chi connectivity index (χ2v) is 7.64. The van der Waals surface area contributed by atoms with Crippen molar-refractivity contribution in [3.63, 3.8) is 0 Å². The molecule has 1 aliphatic rings. The molecule has 7 nitrogen and oxygen atoms in total. The van der Waals surface area contributed by atoms with Gasteiger partial charge in [-0.1, -0.05) is 0 Å². The van der Waals surface area contributed by atoms with Crippen LogP contribution in [0.1, 0.15) is 23.7 Å². The number of nitrogens with one attached hydrogen (secondary N) is 2. The fourth-order valence-corrected chi connectivity index (χ4v) is 3.99. The van der Waals surface area contributed by atoms with Crippen molar-refractivity contribution in [1.29, 1.82) is 0 Å². The topological polar surface area (TPSA) is 87.2 Å². The maximum atomic E-state index is 13.5. The summed E-state index contributed by atoms with van der Waals surface area (Å²) in [6.45, 7) is 3.87. The van der Waals surface area contributed by atoms with Gasteiger partial charge in [-0.25, -0.2) is 8.78 Å².